The summed E-state index contributed by atoms with van der Waals surface area (Å²) in [4.78, 5) is 0. The fourth-order valence-corrected chi connectivity index (χ4v) is 3.57. The van der Waals surface area contributed by atoms with Crippen molar-refractivity contribution in [2.24, 2.45) is 0 Å². The van der Waals surface area contributed by atoms with Gasteiger partial charge in [0, 0.05) is 5.69 Å². The summed E-state index contributed by atoms with van der Waals surface area (Å²) in [6, 6.07) is 10.7. The zero-order valence-corrected chi connectivity index (χ0v) is 11.6. The fraction of sp³-hybridized carbons (Fsp3) is 0.400. The van der Waals surface area contributed by atoms with E-state index in [1.807, 2.05) is 0 Å². The molecule has 0 spiro atoms. The summed E-state index contributed by atoms with van der Waals surface area (Å²) in [5, 5.41) is 0. The van der Waals surface area contributed by atoms with Crippen molar-refractivity contribution in [1.82, 2.24) is 9.20 Å². The summed E-state index contributed by atoms with van der Waals surface area (Å²) >= 11 is 0. The first-order chi connectivity index (χ1) is 7.61. The summed E-state index contributed by atoms with van der Waals surface area (Å²) in [7, 11) is 4.58. The number of anilines is 1. The van der Waals surface area contributed by atoms with Crippen molar-refractivity contribution in [3.05, 3.63) is 30.3 Å². The van der Waals surface area contributed by atoms with E-state index in [1.54, 1.807) is 0 Å². The molecule has 3 nitrogen and oxygen atoms in total. The smallest absolute Gasteiger partial charge is 0.321 e. The van der Waals surface area contributed by atoms with E-state index >= 15 is 0 Å². The van der Waals surface area contributed by atoms with Crippen LogP contribution in [-0.2, 0) is 0 Å². The molecule has 1 fully saturated rings. The van der Waals surface area contributed by atoms with Crippen LogP contribution in [-0.4, -0.2) is 47.1 Å². The normalized spacial score (nSPS) is 19.4. The SMILES string of the molecule is CB1N(C)[SiH]N(c2ccccc2)B(C)N1C. The third kappa shape index (κ3) is 2.05. The van der Waals surface area contributed by atoms with Gasteiger partial charge in [-0.05, 0) is 26.2 Å². The molecule has 2 rings (SSSR count). The van der Waals surface area contributed by atoms with E-state index in [-0.39, 0.29) is 9.84 Å². The second kappa shape index (κ2) is 4.65. The fourth-order valence-electron chi connectivity index (χ4n) is 2.07. The lowest BCUT2D eigenvalue weighted by molar-refractivity contribution is 0.660. The summed E-state index contributed by atoms with van der Waals surface area (Å²) < 4.78 is 7.34. The van der Waals surface area contributed by atoms with Gasteiger partial charge in [-0.25, -0.2) is 0 Å². The van der Waals surface area contributed by atoms with Crippen LogP contribution in [0.3, 0.4) is 0 Å². The zero-order chi connectivity index (χ0) is 11.7. The second-order valence-corrected chi connectivity index (χ2v) is 6.05. The van der Waals surface area contributed by atoms with Crippen LogP contribution in [0.2, 0.25) is 13.6 Å². The number of hydrogen-bond donors (Lipinski definition) is 0. The van der Waals surface area contributed by atoms with Crippen LogP contribution in [0.15, 0.2) is 30.3 Å². The van der Waals surface area contributed by atoms with Gasteiger partial charge in [0.1, 0.15) is 0 Å². The molecule has 0 saturated carbocycles. The average Bonchev–Trinajstić information content (AvgIpc) is 2.32. The van der Waals surface area contributed by atoms with E-state index in [0.29, 0.717) is 14.0 Å². The minimum Gasteiger partial charge on any atom is -0.421 e. The molecule has 1 aliphatic heterocycles. The first-order valence-electron chi connectivity index (χ1n) is 5.73. The largest absolute Gasteiger partial charge is 0.421 e. The Morgan fingerprint density at radius 3 is 2.25 bits per heavy atom. The van der Waals surface area contributed by atoms with Crippen molar-refractivity contribution in [3.63, 3.8) is 0 Å². The maximum atomic E-state index is 2.50. The summed E-state index contributed by atoms with van der Waals surface area (Å²) in [6.07, 6.45) is 0. The second-order valence-electron chi connectivity index (χ2n) is 4.45. The minimum absolute atomic E-state index is 0.181. The van der Waals surface area contributed by atoms with E-state index < -0.39 is 0 Å². The van der Waals surface area contributed by atoms with Gasteiger partial charge in [-0.1, -0.05) is 31.8 Å². The van der Waals surface area contributed by atoms with E-state index in [9.17, 15) is 0 Å². The highest BCUT2D eigenvalue weighted by Crippen LogP contribution is 2.19. The molecule has 0 N–H and O–H groups in total. The maximum absolute atomic E-state index is 2.50. The maximum Gasteiger partial charge on any atom is 0.321 e. The Kier molecular flexibility index (Phi) is 3.42. The molecule has 0 aromatic heterocycles. The summed E-state index contributed by atoms with van der Waals surface area (Å²) in [5.74, 6) is 0. The molecule has 1 aliphatic rings. The van der Waals surface area contributed by atoms with E-state index in [1.165, 1.54) is 5.69 Å². The van der Waals surface area contributed by atoms with Gasteiger partial charge in [0.15, 0.2) is 0 Å². The van der Waals surface area contributed by atoms with Gasteiger partial charge in [-0.2, -0.15) is 0 Å². The predicted molar refractivity (Wildman–Crippen MR) is 74.8 cm³/mol. The van der Waals surface area contributed by atoms with Gasteiger partial charge < -0.3 is 13.7 Å². The highest BCUT2D eigenvalue weighted by atomic mass is 28.2. The number of nitrogens with zero attached hydrogens (tertiary/aromatic N) is 3. The van der Waals surface area contributed by atoms with Crippen LogP contribution < -0.4 is 4.48 Å². The Hall–Kier alpha value is -0.713. The quantitative estimate of drug-likeness (QED) is 0.663. The van der Waals surface area contributed by atoms with Crippen molar-refractivity contribution in [2.75, 3.05) is 18.6 Å². The molecule has 1 aromatic rings. The molecule has 0 bridgehead atoms. The summed E-state index contributed by atoms with van der Waals surface area (Å²) in [5.41, 5.74) is 1.33. The Morgan fingerprint density at radius 1 is 1.00 bits per heavy atom. The van der Waals surface area contributed by atoms with Crippen LogP contribution >= 0.6 is 0 Å². The minimum atomic E-state index is 0.181. The molecule has 0 aliphatic carbocycles. The van der Waals surface area contributed by atoms with Gasteiger partial charge in [0.2, 0.25) is 9.84 Å². The lowest BCUT2D eigenvalue weighted by atomic mass is 9.62. The van der Waals surface area contributed by atoms with Gasteiger partial charge in [-0.15, -0.1) is 0 Å². The zero-order valence-electron chi connectivity index (χ0n) is 10.5. The van der Waals surface area contributed by atoms with Crippen molar-refractivity contribution >= 4 is 29.5 Å². The van der Waals surface area contributed by atoms with Gasteiger partial charge >= 0.3 is 6.98 Å². The number of para-hydroxylation sites is 1. The predicted octanol–water partition coefficient (Wildman–Crippen LogP) is 0.873. The molecule has 1 saturated heterocycles. The molecule has 1 heterocycles. The van der Waals surface area contributed by atoms with Crippen LogP contribution in [0.1, 0.15) is 0 Å². The van der Waals surface area contributed by atoms with Gasteiger partial charge in [0.05, 0.1) is 0 Å². The topological polar surface area (TPSA) is 9.72 Å². The van der Waals surface area contributed by atoms with Crippen molar-refractivity contribution in [3.8, 4) is 0 Å². The van der Waals surface area contributed by atoms with Crippen molar-refractivity contribution < 1.29 is 0 Å². The molecule has 83 valence electrons. The van der Waals surface area contributed by atoms with Crippen LogP contribution in [0.5, 0.6) is 0 Å². The molecule has 0 unspecified atom stereocenters. The number of benzene rings is 1. The molecular weight excluding hydrogens is 212 g/mol. The highest BCUT2D eigenvalue weighted by Gasteiger charge is 2.37. The first kappa shape index (κ1) is 11.8. The van der Waals surface area contributed by atoms with Crippen LogP contribution in [0, 0.1) is 0 Å². The summed E-state index contributed by atoms with van der Waals surface area (Å²) in [6.45, 7) is 5.56. The molecular formula is C10H18B2N3Si. The van der Waals surface area contributed by atoms with E-state index in [4.69, 9.17) is 0 Å². The Morgan fingerprint density at radius 2 is 1.62 bits per heavy atom. The molecule has 6 heteroatoms. The van der Waals surface area contributed by atoms with Crippen molar-refractivity contribution in [1.29, 1.82) is 0 Å². The van der Waals surface area contributed by atoms with Gasteiger partial charge in [0.25, 0.3) is 6.98 Å². The number of rotatable bonds is 1. The molecule has 0 amide bonds. The van der Waals surface area contributed by atoms with Crippen LogP contribution in [0.25, 0.3) is 0 Å². The Labute approximate surface area is 102 Å². The van der Waals surface area contributed by atoms with E-state index in [2.05, 4.69) is 71.7 Å². The average molecular weight is 230 g/mol. The van der Waals surface area contributed by atoms with Crippen LogP contribution in [0.4, 0.5) is 5.69 Å². The monoisotopic (exact) mass is 230 g/mol. The molecule has 16 heavy (non-hydrogen) atoms. The highest BCUT2D eigenvalue weighted by molar-refractivity contribution is 6.86. The first-order valence-corrected chi connectivity index (χ1v) is 6.77. The van der Waals surface area contributed by atoms with Gasteiger partial charge in [-0.3, -0.25) is 0 Å². The molecule has 1 aromatic carbocycles. The number of hydrogen-bond acceptors (Lipinski definition) is 3. The third-order valence-electron chi connectivity index (χ3n) is 3.53. The lowest BCUT2D eigenvalue weighted by Gasteiger charge is -2.46. The standard InChI is InChI=1S/C10H18B2N3Si/c1-11-13(3)12(2)15(16-14(11)4)10-8-6-5-7-9-10/h5-9,16H,1-4H3. The third-order valence-corrected chi connectivity index (χ3v) is 5.31. The Bertz CT molecular complexity index is 351. The Balaban J connectivity index is 2.23. The molecule has 1 radical (unpaired) electrons. The van der Waals surface area contributed by atoms with Crippen molar-refractivity contribution in [2.45, 2.75) is 13.6 Å². The van der Waals surface area contributed by atoms with E-state index in [0.717, 1.165) is 0 Å². The molecule has 0 atom stereocenters. The lowest BCUT2D eigenvalue weighted by Crippen LogP contribution is -2.69.